The smallest absolute Gasteiger partial charge is 0.338 e. The van der Waals surface area contributed by atoms with Gasteiger partial charge in [-0.1, -0.05) is 48.9 Å². The zero-order chi connectivity index (χ0) is 27.1. The van der Waals surface area contributed by atoms with Gasteiger partial charge in [0.15, 0.2) is 4.80 Å². The Hall–Kier alpha value is -3.50. The lowest BCUT2D eigenvalue weighted by molar-refractivity contribution is -0.139. The summed E-state index contributed by atoms with van der Waals surface area (Å²) in [6.45, 7) is 3.94. The fraction of sp³-hybridized carbons (Fsp3) is 0.286. The molecule has 0 fully saturated rings. The minimum atomic E-state index is -0.784. The van der Waals surface area contributed by atoms with Gasteiger partial charge in [-0.15, -0.1) is 0 Å². The first-order valence-corrected chi connectivity index (χ1v) is 13.9. The number of amides is 1. The lowest BCUT2D eigenvalue weighted by atomic mass is 9.94. The maximum Gasteiger partial charge on any atom is 0.338 e. The van der Waals surface area contributed by atoms with Crippen LogP contribution in [0.15, 0.2) is 68.0 Å². The van der Waals surface area contributed by atoms with Crippen molar-refractivity contribution in [1.29, 1.82) is 0 Å². The number of hydrogen-bond acceptors (Lipinski definition) is 7. The third kappa shape index (κ3) is 4.12. The molecular formula is C28H26BrN3O5S. The largest absolute Gasteiger partial charge is 0.496 e. The van der Waals surface area contributed by atoms with Crippen LogP contribution in [-0.2, 0) is 14.3 Å². The summed E-state index contributed by atoms with van der Waals surface area (Å²) < 4.78 is 13.3. The molecule has 3 heterocycles. The van der Waals surface area contributed by atoms with E-state index < -0.39 is 12.0 Å². The normalized spacial score (nSPS) is 17.8. The number of methoxy groups -OCH3 is 1. The van der Waals surface area contributed by atoms with Crippen LogP contribution in [0.3, 0.4) is 0 Å². The number of benzene rings is 2. The monoisotopic (exact) mass is 595 g/mol. The van der Waals surface area contributed by atoms with Crippen molar-refractivity contribution in [1.82, 2.24) is 4.57 Å². The lowest BCUT2D eigenvalue weighted by Crippen LogP contribution is -2.41. The molecule has 1 aromatic heterocycles. The summed E-state index contributed by atoms with van der Waals surface area (Å²) in [7, 11) is 3.27. The highest BCUT2D eigenvalue weighted by Gasteiger charge is 2.37. The van der Waals surface area contributed by atoms with Crippen LogP contribution in [0.4, 0.5) is 5.69 Å². The van der Waals surface area contributed by atoms with Gasteiger partial charge in [0.05, 0.1) is 46.8 Å². The molecular weight excluding hydrogens is 570 g/mol. The summed E-state index contributed by atoms with van der Waals surface area (Å²) in [5, 5.41) is 0. The summed E-state index contributed by atoms with van der Waals surface area (Å²) in [4.78, 5) is 47.6. The highest BCUT2D eigenvalue weighted by Crippen LogP contribution is 2.37. The number of esters is 1. The van der Waals surface area contributed by atoms with Gasteiger partial charge in [-0.2, -0.15) is 0 Å². The molecule has 0 radical (unpaired) electrons. The van der Waals surface area contributed by atoms with E-state index in [1.165, 1.54) is 15.9 Å². The third-order valence-electron chi connectivity index (χ3n) is 6.64. The van der Waals surface area contributed by atoms with Crippen molar-refractivity contribution in [2.75, 3.05) is 25.7 Å². The second kappa shape index (κ2) is 10.3. The number of likely N-dealkylation sites (N-methyl/N-ethyl adjacent to an activating group) is 1. The van der Waals surface area contributed by atoms with Gasteiger partial charge >= 0.3 is 5.97 Å². The molecule has 1 atom stereocenters. The summed E-state index contributed by atoms with van der Waals surface area (Å²) in [5.41, 5.74) is 3.01. The van der Waals surface area contributed by atoms with E-state index >= 15 is 0 Å². The number of fused-ring (bicyclic) bond motifs is 2. The second-order valence-electron chi connectivity index (χ2n) is 8.88. The number of para-hydroxylation sites is 1. The summed E-state index contributed by atoms with van der Waals surface area (Å²) >= 11 is 4.71. The van der Waals surface area contributed by atoms with Gasteiger partial charge in [-0.25, -0.2) is 9.79 Å². The van der Waals surface area contributed by atoms with E-state index in [-0.39, 0.29) is 18.1 Å². The Bertz CT molecular complexity index is 1690. The van der Waals surface area contributed by atoms with Crippen molar-refractivity contribution >= 4 is 50.4 Å². The Kier molecular flexibility index (Phi) is 7.11. The minimum Gasteiger partial charge on any atom is -0.496 e. The van der Waals surface area contributed by atoms with Crippen LogP contribution < -0.4 is 24.5 Å². The lowest BCUT2D eigenvalue weighted by Gasteiger charge is -2.26. The molecule has 1 amide bonds. The number of ether oxygens (including phenoxy) is 2. The van der Waals surface area contributed by atoms with Crippen molar-refractivity contribution in [2.24, 2.45) is 4.99 Å². The molecule has 5 rings (SSSR count). The number of aromatic nitrogens is 1. The highest BCUT2D eigenvalue weighted by molar-refractivity contribution is 9.10. The van der Waals surface area contributed by atoms with Gasteiger partial charge < -0.3 is 14.4 Å². The van der Waals surface area contributed by atoms with E-state index in [4.69, 9.17) is 14.5 Å². The van der Waals surface area contributed by atoms with Crippen LogP contribution >= 0.6 is 27.3 Å². The van der Waals surface area contributed by atoms with Crippen LogP contribution in [0.1, 0.15) is 43.9 Å². The molecule has 0 aliphatic carbocycles. The zero-order valence-electron chi connectivity index (χ0n) is 21.4. The number of carbonyl (C=O) groups excluding carboxylic acids is 2. The number of nitrogens with zero attached hydrogens (tertiary/aromatic N) is 3. The van der Waals surface area contributed by atoms with Crippen molar-refractivity contribution in [3.05, 3.63) is 89.0 Å². The summed E-state index contributed by atoms with van der Waals surface area (Å²) in [6.07, 6.45) is 1.28. The van der Waals surface area contributed by atoms with Crippen LogP contribution in [0.25, 0.3) is 5.57 Å². The topological polar surface area (TPSA) is 90.2 Å². The molecule has 0 unspecified atom stereocenters. The quantitative estimate of drug-likeness (QED) is 0.405. The van der Waals surface area contributed by atoms with E-state index in [1.54, 1.807) is 32.0 Å². The molecule has 2 aliphatic rings. The Morgan fingerprint density at radius 1 is 1.16 bits per heavy atom. The van der Waals surface area contributed by atoms with Gasteiger partial charge in [-0.05, 0) is 53.0 Å². The van der Waals surface area contributed by atoms with Crippen molar-refractivity contribution in [3.63, 3.8) is 0 Å². The average molecular weight is 597 g/mol. The predicted octanol–water partition coefficient (Wildman–Crippen LogP) is 3.70. The number of rotatable bonds is 6. The number of allylic oxidation sites excluding steroid dienone is 1. The molecule has 0 spiro atoms. The number of carbonyl (C=O) groups is 2. The van der Waals surface area contributed by atoms with Crippen LogP contribution in [0.2, 0.25) is 0 Å². The van der Waals surface area contributed by atoms with Gasteiger partial charge in [0.2, 0.25) is 0 Å². The average Bonchev–Trinajstić information content (AvgIpc) is 3.36. The molecule has 2 aromatic carbocycles. The van der Waals surface area contributed by atoms with E-state index in [2.05, 4.69) is 15.9 Å². The maximum atomic E-state index is 14.2. The number of hydrogen-bond donors (Lipinski definition) is 0. The summed E-state index contributed by atoms with van der Waals surface area (Å²) in [6, 6.07) is 12.1. The molecule has 0 bridgehead atoms. The first-order valence-electron chi connectivity index (χ1n) is 12.3. The first-order chi connectivity index (χ1) is 18.3. The van der Waals surface area contributed by atoms with Crippen molar-refractivity contribution in [2.45, 2.75) is 32.7 Å². The van der Waals surface area contributed by atoms with Crippen LogP contribution in [0, 0.1) is 0 Å². The molecule has 38 heavy (non-hydrogen) atoms. The fourth-order valence-electron chi connectivity index (χ4n) is 4.93. The van der Waals surface area contributed by atoms with Gasteiger partial charge in [-0.3, -0.25) is 14.2 Å². The van der Waals surface area contributed by atoms with E-state index in [0.717, 1.165) is 12.1 Å². The van der Waals surface area contributed by atoms with E-state index in [9.17, 15) is 14.4 Å². The first kappa shape index (κ1) is 26.1. The van der Waals surface area contributed by atoms with Crippen LogP contribution in [0.5, 0.6) is 5.75 Å². The van der Waals surface area contributed by atoms with Gasteiger partial charge in [0.1, 0.15) is 10.3 Å². The molecule has 0 N–H and O–H groups in total. The zero-order valence-corrected chi connectivity index (χ0v) is 23.8. The van der Waals surface area contributed by atoms with Crippen molar-refractivity contribution in [3.8, 4) is 5.75 Å². The Labute approximate surface area is 231 Å². The molecule has 196 valence electrons. The Balaban J connectivity index is 1.86. The molecule has 3 aromatic rings. The molecule has 0 saturated carbocycles. The SMILES string of the molecule is CCCC1=C(C(=O)OCC)[C@H](c2ccc(OC)c(Br)c2)n2c(s/c(=C3\C(=O)N(C)c4ccccc43)c2=O)=N1. The molecule has 2 aliphatic heterocycles. The Morgan fingerprint density at radius 2 is 1.92 bits per heavy atom. The van der Waals surface area contributed by atoms with E-state index in [0.29, 0.717) is 53.9 Å². The van der Waals surface area contributed by atoms with Gasteiger partial charge in [0.25, 0.3) is 11.5 Å². The van der Waals surface area contributed by atoms with Crippen LogP contribution in [-0.4, -0.2) is 37.2 Å². The molecule has 10 heteroatoms. The number of halogens is 1. The van der Waals surface area contributed by atoms with Gasteiger partial charge in [0, 0.05) is 12.6 Å². The Morgan fingerprint density at radius 3 is 2.61 bits per heavy atom. The predicted molar refractivity (Wildman–Crippen MR) is 149 cm³/mol. The maximum absolute atomic E-state index is 14.2. The fourth-order valence-corrected chi connectivity index (χ4v) is 6.60. The number of anilines is 1. The summed E-state index contributed by atoms with van der Waals surface area (Å²) in [5.74, 6) is -0.148. The molecule has 0 saturated heterocycles. The standard InChI is InChI=1S/C28H26BrN3O5S/c1-5-9-18-22(27(35)37-6-2)23(15-12-13-20(36-4)17(29)14-15)32-26(34)24(38-28(32)30-18)21-16-10-7-8-11-19(16)31(3)25(21)33/h7-8,10-14,23H,5-6,9H2,1-4H3/b24-21-/t23-/m0/s1. The second-order valence-corrected chi connectivity index (χ2v) is 10.7. The minimum absolute atomic E-state index is 0.187. The van der Waals surface area contributed by atoms with Crippen molar-refractivity contribution < 1.29 is 19.1 Å². The highest BCUT2D eigenvalue weighted by atomic mass is 79.9. The third-order valence-corrected chi connectivity index (χ3v) is 8.31. The van der Waals surface area contributed by atoms with E-state index in [1.807, 2.05) is 43.3 Å². The number of thiazole rings is 1. The molecule has 8 nitrogen and oxygen atoms in total.